The van der Waals surface area contributed by atoms with E-state index in [9.17, 15) is 13.6 Å². The molecular weight excluding hydrogens is 400 g/mol. The molecule has 1 amide bonds. The molecule has 0 spiro atoms. The van der Waals surface area contributed by atoms with Gasteiger partial charge in [-0.2, -0.15) is 15.5 Å². The number of aromatic nitrogens is 2. The minimum absolute atomic E-state index is 0.160. The van der Waals surface area contributed by atoms with E-state index in [1.54, 1.807) is 29.2 Å². The second-order valence-electron chi connectivity index (χ2n) is 7.39. The smallest absolute Gasteiger partial charge is 0.243 e. The Morgan fingerprint density at radius 1 is 1.23 bits per heavy atom. The van der Waals surface area contributed by atoms with Crippen molar-refractivity contribution in [1.82, 2.24) is 14.8 Å². The number of nitrogens with zero attached hydrogens (tertiary/aromatic N) is 5. The van der Waals surface area contributed by atoms with Crippen LogP contribution in [0.1, 0.15) is 36.4 Å². The molecule has 0 aliphatic carbocycles. The number of hydrogen-bond donors (Lipinski definition) is 0. The second-order valence-corrected chi connectivity index (χ2v) is 7.39. The minimum Gasteiger partial charge on any atom is -0.273 e. The van der Waals surface area contributed by atoms with Crippen molar-refractivity contribution >= 4 is 23.0 Å². The third kappa shape index (κ3) is 4.21. The summed E-state index contributed by atoms with van der Waals surface area (Å²) >= 11 is 0. The van der Waals surface area contributed by atoms with E-state index in [-0.39, 0.29) is 17.9 Å². The summed E-state index contributed by atoms with van der Waals surface area (Å²) in [5.41, 5.74) is 2.48. The lowest BCUT2D eigenvalue weighted by Crippen LogP contribution is -2.27. The van der Waals surface area contributed by atoms with Gasteiger partial charge >= 0.3 is 0 Å². The van der Waals surface area contributed by atoms with Crippen LogP contribution in [-0.4, -0.2) is 26.9 Å². The Morgan fingerprint density at radius 2 is 2.06 bits per heavy atom. The molecule has 0 radical (unpaired) electrons. The summed E-state index contributed by atoms with van der Waals surface area (Å²) in [5, 5.41) is 19.6. The van der Waals surface area contributed by atoms with Crippen molar-refractivity contribution in [3.05, 3.63) is 77.5 Å². The molecule has 0 saturated carbocycles. The number of amides is 1. The van der Waals surface area contributed by atoms with Crippen LogP contribution in [0.3, 0.4) is 0 Å². The van der Waals surface area contributed by atoms with Crippen molar-refractivity contribution < 1.29 is 13.6 Å². The lowest BCUT2D eigenvalue weighted by Gasteiger charge is -2.23. The van der Waals surface area contributed by atoms with Crippen LogP contribution in [0.15, 0.2) is 59.8 Å². The molecule has 0 saturated heterocycles. The predicted octanol–water partition coefficient (Wildman–Crippen LogP) is 4.48. The van der Waals surface area contributed by atoms with Gasteiger partial charge in [0.25, 0.3) is 0 Å². The third-order valence-corrected chi connectivity index (χ3v) is 5.24. The molecule has 0 bridgehead atoms. The van der Waals surface area contributed by atoms with Crippen LogP contribution in [0.2, 0.25) is 0 Å². The first-order valence-corrected chi connectivity index (χ1v) is 9.78. The van der Waals surface area contributed by atoms with Crippen LogP contribution in [0.5, 0.6) is 0 Å². The highest BCUT2D eigenvalue weighted by molar-refractivity contribution is 5.81. The topological polar surface area (TPSA) is 74.3 Å². The molecule has 1 atom stereocenters. The Balaban J connectivity index is 1.38. The number of carbonyl (C=O) groups excluding carboxylic acids is 1. The highest BCUT2D eigenvalue weighted by Gasteiger charge is 2.30. The second kappa shape index (κ2) is 8.48. The minimum atomic E-state index is -0.692. The van der Waals surface area contributed by atoms with Crippen LogP contribution in [-0.2, 0) is 11.3 Å². The first kappa shape index (κ1) is 20.4. The maximum Gasteiger partial charge on any atom is 0.243 e. The standard InChI is InChI=1S/C23H19F2N5O/c1-15(14-29-21-6-3-16(12-26)10-17(21)13-28-29)2-7-23(31)30-22(8-9-27-30)19-5-4-18(24)11-20(19)25/h3-6,9-11,13,22H,1-2,7-8,14H2. The summed E-state index contributed by atoms with van der Waals surface area (Å²) in [4.78, 5) is 12.7. The number of halogens is 2. The molecule has 31 heavy (non-hydrogen) atoms. The van der Waals surface area contributed by atoms with E-state index in [0.29, 0.717) is 24.9 Å². The van der Waals surface area contributed by atoms with E-state index in [1.165, 1.54) is 17.1 Å². The van der Waals surface area contributed by atoms with Gasteiger partial charge in [0, 0.05) is 36.1 Å². The molecule has 3 aromatic rings. The molecule has 8 heteroatoms. The molecule has 1 aliphatic heterocycles. The van der Waals surface area contributed by atoms with Gasteiger partial charge in [-0.15, -0.1) is 0 Å². The molecule has 2 aromatic carbocycles. The van der Waals surface area contributed by atoms with Gasteiger partial charge < -0.3 is 0 Å². The van der Waals surface area contributed by atoms with E-state index in [2.05, 4.69) is 22.8 Å². The molecule has 1 unspecified atom stereocenters. The monoisotopic (exact) mass is 419 g/mol. The predicted molar refractivity (Wildman–Crippen MR) is 112 cm³/mol. The number of hydrazone groups is 1. The SMILES string of the molecule is C=C(CCC(=O)N1N=CCC1c1ccc(F)cc1F)Cn1ncc2cc(C#N)ccc21. The molecule has 4 rings (SSSR count). The van der Waals surface area contributed by atoms with Crippen molar-refractivity contribution in [1.29, 1.82) is 5.26 Å². The Bertz CT molecular complexity index is 1240. The fourth-order valence-electron chi connectivity index (χ4n) is 3.66. The van der Waals surface area contributed by atoms with Crippen molar-refractivity contribution in [2.75, 3.05) is 0 Å². The van der Waals surface area contributed by atoms with Gasteiger partial charge in [-0.1, -0.05) is 18.2 Å². The van der Waals surface area contributed by atoms with Crippen LogP contribution in [0.25, 0.3) is 10.9 Å². The lowest BCUT2D eigenvalue weighted by atomic mass is 10.0. The van der Waals surface area contributed by atoms with Gasteiger partial charge in [0.05, 0.1) is 35.9 Å². The number of rotatable bonds is 6. The summed E-state index contributed by atoms with van der Waals surface area (Å²) in [5.74, 6) is -1.61. The van der Waals surface area contributed by atoms with E-state index in [1.807, 2.05) is 6.07 Å². The molecular formula is C23H19F2N5O. The number of nitriles is 1. The highest BCUT2D eigenvalue weighted by Crippen LogP contribution is 2.31. The van der Waals surface area contributed by atoms with Gasteiger partial charge in [-0.3, -0.25) is 9.48 Å². The molecule has 156 valence electrons. The lowest BCUT2D eigenvalue weighted by molar-refractivity contribution is -0.133. The van der Waals surface area contributed by atoms with E-state index < -0.39 is 17.7 Å². The van der Waals surface area contributed by atoms with E-state index in [4.69, 9.17) is 5.26 Å². The number of fused-ring (bicyclic) bond motifs is 1. The van der Waals surface area contributed by atoms with Crippen LogP contribution >= 0.6 is 0 Å². The van der Waals surface area contributed by atoms with Gasteiger partial charge in [0.15, 0.2) is 0 Å². The Morgan fingerprint density at radius 3 is 2.84 bits per heavy atom. The summed E-state index contributed by atoms with van der Waals surface area (Å²) < 4.78 is 29.1. The van der Waals surface area contributed by atoms with Gasteiger partial charge in [-0.25, -0.2) is 13.8 Å². The Hall–Kier alpha value is -3.86. The number of carbonyl (C=O) groups is 1. The fourth-order valence-corrected chi connectivity index (χ4v) is 3.66. The maximum absolute atomic E-state index is 14.2. The molecule has 0 N–H and O–H groups in total. The third-order valence-electron chi connectivity index (χ3n) is 5.24. The fraction of sp³-hybridized carbons (Fsp3) is 0.217. The summed E-state index contributed by atoms with van der Waals surface area (Å²) in [6.07, 6.45) is 4.20. The largest absolute Gasteiger partial charge is 0.273 e. The molecule has 1 aliphatic rings. The number of allylic oxidation sites excluding steroid dienone is 1. The van der Waals surface area contributed by atoms with Crippen molar-refractivity contribution in [2.45, 2.75) is 31.8 Å². The molecule has 1 aromatic heterocycles. The average molecular weight is 419 g/mol. The Labute approximate surface area is 177 Å². The zero-order valence-electron chi connectivity index (χ0n) is 16.6. The van der Waals surface area contributed by atoms with Gasteiger partial charge in [-0.05, 0) is 30.7 Å². The molecule has 6 nitrogen and oxygen atoms in total. The highest BCUT2D eigenvalue weighted by atomic mass is 19.1. The van der Waals surface area contributed by atoms with Gasteiger partial charge in [0.1, 0.15) is 11.6 Å². The summed E-state index contributed by atoms with van der Waals surface area (Å²) in [6.45, 7) is 4.48. The van der Waals surface area contributed by atoms with E-state index >= 15 is 0 Å². The quantitative estimate of drug-likeness (QED) is 0.553. The summed E-state index contributed by atoms with van der Waals surface area (Å²) in [6, 6.07) is 10.2. The summed E-state index contributed by atoms with van der Waals surface area (Å²) in [7, 11) is 0. The van der Waals surface area contributed by atoms with Crippen molar-refractivity contribution in [2.24, 2.45) is 5.10 Å². The number of benzene rings is 2. The zero-order chi connectivity index (χ0) is 22.0. The van der Waals surface area contributed by atoms with Crippen LogP contribution < -0.4 is 0 Å². The first-order chi connectivity index (χ1) is 15.0. The number of hydrogen-bond acceptors (Lipinski definition) is 4. The van der Waals surface area contributed by atoms with E-state index in [0.717, 1.165) is 22.5 Å². The van der Waals surface area contributed by atoms with Gasteiger partial charge in [0.2, 0.25) is 5.91 Å². The van der Waals surface area contributed by atoms with Crippen LogP contribution in [0, 0.1) is 23.0 Å². The molecule has 0 fully saturated rings. The zero-order valence-corrected chi connectivity index (χ0v) is 16.6. The Kier molecular flexibility index (Phi) is 5.58. The maximum atomic E-state index is 14.2. The normalized spacial score (nSPS) is 15.4. The van der Waals surface area contributed by atoms with Crippen molar-refractivity contribution in [3.63, 3.8) is 0 Å². The average Bonchev–Trinajstić information content (AvgIpc) is 3.39. The molecule has 2 heterocycles. The van der Waals surface area contributed by atoms with Crippen molar-refractivity contribution in [3.8, 4) is 6.07 Å². The first-order valence-electron chi connectivity index (χ1n) is 9.78. The van der Waals surface area contributed by atoms with Crippen LogP contribution in [0.4, 0.5) is 8.78 Å².